The summed E-state index contributed by atoms with van der Waals surface area (Å²) in [4.78, 5) is 0. The van der Waals surface area contributed by atoms with E-state index < -0.39 is 0 Å². The molecule has 5 heteroatoms. The minimum Gasteiger partial charge on any atom is -0.388 e. The summed E-state index contributed by atoms with van der Waals surface area (Å²) in [6.45, 7) is 4.87. The highest BCUT2D eigenvalue weighted by Gasteiger charge is 2.03. The number of rotatable bonds is 3. The van der Waals surface area contributed by atoms with Gasteiger partial charge in [0.1, 0.15) is 10.7 Å². The van der Waals surface area contributed by atoms with Crippen LogP contribution in [0.2, 0.25) is 0 Å². The molecule has 0 aliphatic heterocycles. The fourth-order valence-electron chi connectivity index (χ4n) is 0.639. The number of nitrogens with zero attached hydrogens (tertiary/aromatic N) is 2. The van der Waals surface area contributed by atoms with Crippen LogP contribution < -0.4 is 11.1 Å². The Hall–Kier alpha value is -0.680. The maximum atomic E-state index is 5.58. The van der Waals surface area contributed by atoms with Crippen molar-refractivity contribution in [2.45, 2.75) is 26.4 Å². The van der Waals surface area contributed by atoms with Crippen molar-refractivity contribution < 1.29 is 0 Å². The van der Waals surface area contributed by atoms with Crippen molar-refractivity contribution in [2.75, 3.05) is 5.73 Å². The van der Waals surface area contributed by atoms with Gasteiger partial charge in [0, 0.05) is 24.1 Å². The smallest absolute Gasteiger partial charge is 0.132 e. The first kappa shape index (κ1) is 8.42. The lowest BCUT2D eigenvalue weighted by molar-refractivity contribution is 0.581. The fraction of sp³-hybridized carbons (Fsp3) is 0.667. The standard InChI is InChI=1S/C6H12N4S/c1-4(2)8-3-5-6(7)11-10-9-5/h4,8H,3,7H2,1-2H3. The van der Waals surface area contributed by atoms with Crippen molar-refractivity contribution in [3.63, 3.8) is 0 Å². The lowest BCUT2D eigenvalue weighted by atomic mass is 10.3. The van der Waals surface area contributed by atoms with Crippen molar-refractivity contribution in [1.82, 2.24) is 14.9 Å². The number of nitrogens with one attached hydrogen (secondary N) is 1. The van der Waals surface area contributed by atoms with Gasteiger partial charge in [0.2, 0.25) is 0 Å². The van der Waals surface area contributed by atoms with Crippen LogP contribution in [-0.4, -0.2) is 15.6 Å². The van der Waals surface area contributed by atoms with E-state index >= 15 is 0 Å². The molecule has 0 radical (unpaired) electrons. The maximum absolute atomic E-state index is 5.58. The second-order valence-electron chi connectivity index (χ2n) is 2.62. The monoisotopic (exact) mass is 172 g/mol. The highest BCUT2D eigenvalue weighted by Crippen LogP contribution is 2.11. The van der Waals surface area contributed by atoms with Gasteiger partial charge in [-0.3, -0.25) is 0 Å². The average Bonchev–Trinajstić information content (AvgIpc) is 2.31. The van der Waals surface area contributed by atoms with Crippen LogP contribution in [0.25, 0.3) is 0 Å². The van der Waals surface area contributed by atoms with Gasteiger partial charge >= 0.3 is 0 Å². The second kappa shape index (κ2) is 3.64. The van der Waals surface area contributed by atoms with Gasteiger partial charge in [-0.05, 0) is 0 Å². The molecule has 62 valence electrons. The Labute approximate surface area is 70.0 Å². The van der Waals surface area contributed by atoms with Gasteiger partial charge in [-0.25, -0.2) is 0 Å². The molecular formula is C6H12N4S. The number of aromatic nitrogens is 2. The van der Waals surface area contributed by atoms with E-state index in [2.05, 4.69) is 28.8 Å². The molecule has 0 aromatic carbocycles. The molecule has 1 aromatic rings. The van der Waals surface area contributed by atoms with Crippen molar-refractivity contribution in [3.05, 3.63) is 5.69 Å². The Kier molecular flexibility index (Phi) is 2.78. The van der Waals surface area contributed by atoms with Crippen LogP contribution in [0.15, 0.2) is 0 Å². The van der Waals surface area contributed by atoms with E-state index in [9.17, 15) is 0 Å². The predicted octanol–water partition coefficient (Wildman–Crippen LogP) is 0.618. The summed E-state index contributed by atoms with van der Waals surface area (Å²) in [7, 11) is 0. The number of nitrogen functional groups attached to an aromatic ring is 1. The van der Waals surface area contributed by atoms with Crippen molar-refractivity contribution in [3.8, 4) is 0 Å². The Balaban J connectivity index is 2.44. The van der Waals surface area contributed by atoms with E-state index in [4.69, 9.17) is 5.73 Å². The first-order valence-corrected chi connectivity index (χ1v) is 4.27. The molecule has 0 saturated heterocycles. The van der Waals surface area contributed by atoms with Crippen LogP contribution in [0.1, 0.15) is 19.5 Å². The topological polar surface area (TPSA) is 63.8 Å². The number of anilines is 1. The molecule has 0 aliphatic rings. The highest BCUT2D eigenvalue weighted by atomic mass is 32.1. The van der Waals surface area contributed by atoms with E-state index in [-0.39, 0.29) is 0 Å². The largest absolute Gasteiger partial charge is 0.388 e. The zero-order valence-corrected chi connectivity index (χ0v) is 7.48. The number of hydrogen-bond donors (Lipinski definition) is 2. The summed E-state index contributed by atoms with van der Waals surface area (Å²) >= 11 is 1.23. The molecule has 0 spiro atoms. The summed E-state index contributed by atoms with van der Waals surface area (Å²) in [5.41, 5.74) is 6.43. The Morgan fingerprint density at radius 3 is 2.82 bits per heavy atom. The van der Waals surface area contributed by atoms with Gasteiger partial charge in [0.15, 0.2) is 0 Å². The first-order valence-electron chi connectivity index (χ1n) is 3.50. The lowest BCUT2D eigenvalue weighted by Crippen LogP contribution is -2.22. The van der Waals surface area contributed by atoms with Gasteiger partial charge < -0.3 is 11.1 Å². The highest BCUT2D eigenvalue weighted by molar-refractivity contribution is 7.09. The Morgan fingerprint density at radius 2 is 2.36 bits per heavy atom. The number of hydrogen-bond acceptors (Lipinski definition) is 5. The molecule has 1 rings (SSSR count). The summed E-state index contributed by atoms with van der Waals surface area (Å²) in [6.07, 6.45) is 0. The molecule has 0 saturated carbocycles. The van der Waals surface area contributed by atoms with Gasteiger partial charge in [-0.15, -0.1) is 5.10 Å². The van der Waals surface area contributed by atoms with Crippen LogP contribution in [-0.2, 0) is 6.54 Å². The van der Waals surface area contributed by atoms with E-state index in [1.54, 1.807) is 0 Å². The van der Waals surface area contributed by atoms with Crippen molar-refractivity contribution >= 4 is 16.5 Å². The quantitative estimate of drug-likeness (QED) is 0.701. The van der Waals surface area contributed by atoms with Crippen LogP contribution >= 0.6 is 11.5 Å². The molecule has 0 unspecified atom stereocenters. The Morgan fingerprint density at radius 1 is 1.64 bits per heavy atom. The van der Waals surface area contributed by atoms with Gasteiger partial charge in [0.05, 0.1) is 0 Å². The molecule has 3 N–H and O–H groups in total. The fourth-order valence-corrected chi connectivity index (χ4v) is 1.08. The first-order chi connectivity index (χ1) is 5.20. The molecule has 0 amide bonds. The van der Waals surface area contributed by atoms with Crippen LogP contribution in [0, 0.1) is 0 Å². The summed E-state index contributed by atoms with van der Waals surface area (Å²) < 4.78 is 3.73. The molecule has 0 bridgehead atoms. The molecule has 4 nitrogen and oxygen atoms in total. The lowest BCUT2D eigenvalue weighted by Gasteiger charge is -2.04. The van der Waals surface area contributed by atoms with Crippen molar-refractivity contribution in [1.29, 1.82) is 0 Å². The third-order valence-electron chi connectivity index (χ3n) is 1.26. The molecule has 0 atom stereocenters. The van der Waals surface area contributed by atoms with Gasteiger partial charge in [0.25, 0.3) is 0 Å². The van der Waals surface area contributed by atoms with E-state index in [1.165, 1.54) is 11.5 Å². The molecule has 0 aliphatic carbocycles. The molecular weight excluding hydrogens is 160 g/mol. The number of nitrogens with two attached hydrogens (primary N) is 1. The summed E-state index contributed by atoms with van der Waals surface area (Å²) in [5, 5.41) is 7.79. The summed E-state index contributed by atoms with van der Waals surface area (Å²) in [5.74, 6) is 0. The normalized spacial score (nSPS) is 10.8. The molecule has 1 heterocycles. The molecule has 11 heavy (non-hydrogen) atoms. The Bertz CT molecular complexity index is 220. The zero-order valence-electron chi connectivity index (χ0n) is 6.66. The molecule has 1 aromatic heterocycles. The minimum absolute atomic E-state index is 0.455. The summed E-state index contributed by atoms with van der Waals surface area (Å²) in [6, 6.07) is 0.455. The van der Waals surface area contributed by atoms with Crippen molar-refractivity contribution in [2.24, 2.45) is 0 Å². The molecule has 0 fully saturated rings. The maximum Gasteiger partial charge on any atom is 0.132 e. The SMILES string of the molecule is CC(C)NCc1nnsc1N. The van der Waals surface area contributed by atoms with Gasteiger partial charge in [-0.2, -0.15) is 0 Å². The van der Waals surface area contributed by atoms with Crippen LogP contribution in [0.5, 0.6) is 0 Å². The van der Waals surface area contributed by atoms with E-state index in [1.807, 2.05) is 0 Å². The minimum atomic E-state index is 0.455. The van der Waals surface area contributed by atoms with E-state index in [0.29, 0.717) is 17.6 Å². The third-order valence-corrected chi connectivity index (χ3v) is 1.86. The third kappa shape index (κ3) is 2.44. The average molecular weight is 172 g/mol. The predicted molar refractivity (Wildman–Crippen MR) is 46.3 cm³/mol. The zero-order chi connectivity index (χ0) is 8.27. The van der Waals surface area contributed by atoms with Crippen LogP contribution in [0.4, 0.5) is 5.00 Å². The van der Waals surface area contributed by atoms with Gasteiger partial charge in [-0.1, -0.05) is 18.3 Å². The second-order valence-corrected chi connectivity index (χ2v) is 3.41. The van der Waals surface area contributed by atoms with E-state index in [0.717, 1.165) is 5.69 Å². The van der Waals surface area contributed by atoms with Crippen LogP contribution in [0.3, 0.4) is 0 Å².